The molecule has 1 aromatic rings. The molecule has 1 N–H and O–H groups in total. The highest BCUT2D eigenvalue weighted by molar-refractivity contribution is 6.30. The Morgan fingerprint density at radius 2 is 2.05 bits per heavy atom. The Labute approximate surface area is 133 Å². The highest BCUT2D eigenvalue weighted by Gasteiger charge is 2.26. The number of hydrogen-bond acceptors (Lipinski definition) is 2. The summed E-state index contributed by atoms with van der Waals surface area (Å²) in [6.07, 6.45) is 7.63. The van der Waals surface area contributed by atoms with E-state index in [0.717, 1.165) is 5.02 Å². The van der Waals surface area contributed by atoms with E-state index in [-0.39, 0.29) is 0 Å². The molecular formula is C18H27ClN2. The normalized spacial score (nSPS) is 23.4. The largest absolute Gasteiger partial charge is 0.307 e. The number of benzene rings is 1. The molecule has 3 rings (SSSR count). The maximum absolute atomic E-state index is 6.09. The van der Waals surface area contributed by atoms with Gasteiger partial charge in [-0.2, -0.15) is 0 Å². The van der Waals surface area contributed by atoms with Crippen LogP contribution in [-0.4, -0.2) is 30.6 Å². The van der Waals surface area contributed by atoms with Crippen molar-refractivity contribution in [2.75, 3.05) is 19.6 Å². The van der Waals surface area contributed by atoms with Gasteiger partial charge in [0, 0.05) is 17.1 Å². The number of fused-ring (bicyclic) bond motifs is 1. The van der Waals surface area contributed by atoms with Crippen molar-refractivity contribution in [2.24, 2.45) is 0 Å². The van der Waals surface area contributed by atoms with Gasteiger partial charge in [-0.25, -0.2) is 0 Å². The van der Waals surface area contributed by atoms with Gasteiger partial charge in [-0.1, -0.05) is 31.0 Å². The van der Waals surface area contributed by atoms with Crippen LogP contribution in [0.3, 0.4) is 0 Å². The molecule has 1 heterocycles. The Morgan fingerprint density at radius 3 is 2.81 bits per heavy atom. The summed E-state index contributed by atoms with van der Waals surface area (Å²) >= 11 is 6.09. The smallest absolute Gasteiger partial charge is 0.0408 e. The molecule has 0 aromatic heterocycles. The number of piperidine rings is 1. The molecule has 0 saturated carbocycles. The highest BCUT2D eigenvalue weighted by Crippen LogP contribution is 2.33. The lowest BCUT2D eigenvalue weighted by molar-refractivity contribution is 0.188. The Kier molecular flexibility index (Phi) is 5.20. The van der Waals surface area contributed by atoms with Crippen molar-refractivity contribution in [3.8, 4) is 0 Å². The lowest BCUT2D eigenvalue weighted by atomic mass is 10.0. The molecule has 1 aromatic carbocycles. The predicted molar refractivity (Wildman–Crippen MR) is 90.0 cm³/mol. The number of likely N-dealkylation sites (tertiary alicyclic amines) is 1. The number of unbranched alkanes of at least 4 members (excludes halogenated alkanes) is 1. The molecule has 1 aliphatic carbocycles. The summed E-state index contributed by atoms with van der Waals surface area (Å²) in [5.74, 6) is 0. The molecule has 21 heavy (non-hydrogen) atoms. The molecule has 0 spiro atoms. The average molecular weight is 307 g/mol. The van der Waals surface area contributed by atoms with Crippen LogP contribution in [-0.2, 0) is 6.42 Å². The van der Waals surface area contributed by atoms with Gasteiger partial charge < -0.3 is 10.2 Å². The molecule has 1 fully saturated rings. The van der Waals surface area contributed by atoms with Gasteiger partial charge in [-0.3, -0.25) is 0 Å². The second-order valence-corrected chi connectivity index (χ2v) is 7.01. The van der Waals surface area contributed by atoms with E-state index < -0.39 is 0 Å². The molecule has 116 valence electrons. The van der Waals surface area contributed by atoms with E-state index in [9.17, 15) is 0 Å². The van der Waals surface area contributed by atoms with Gasteiger partial charge in [0.2, 0.25) is 0 Å². The van der Waals surface area contributed by atoms with Crippen LogP contribution in [0.1, 0.15) is 56.2 Å². The summed E-state index contributed by atoms with van der Waals surface area (Å²) < 4.78 is 0. The number of nitrogens with zero attached hydrogens (tertiary/aromatic N) is 1. The Morgan fingerprint density at radius 1 is 1.24 bits per heavy atom. The average Bonchev–Trinajstić information content (AvgIpc) is 2.88. The molecule has 1 atom stereocenters. The Bertz CT molecular complexity index is 466. The minimum absolute atomic E-state index is 0.546. The summed E-state index contributed by atoms with van der Waals surface area (Å²) in [6, 6.07) is 7.64. The third kappa shape index (κ3) is 3.80. The lowest BCUT2D eigenvalue weighted by Crippen LogP contribution is -2.43. The molecule has 1 saturated heterocycles. The van der Waals surface area contributed by atoms with Gasteiger partial charge in [-0.05, 0) is 75.0 Å². The molecule has 1 unspecified atom stereocenters. The first-order valence-electron chi connectivity index (χ1n) is 8.53. The molecule has 1 aliphatic heterocycles. The van der Waals surface area contributed by atoms with E-state index >= 15 is 0 Å². The Hall–Kier alpha value is -0.570. The van der Waals surface area contributed by atoms with Crippen molar-refractivity contribution in [1.82, 2.24) is 10.2 Å². The van der Waals surface area contributed by atoms with Crippen LogP contribution >= 0.6 is 11.6 Å². The molecule has 3 heteroatoms. The zero-order valence-electron chi connectivity index (χ0n) is 13.1. The van der Waals surface area contributed by atoms with E-state index in [2.05, 4.69) is 29.3 Å². The molecule has 2 nitrogen and oxygen atoms in total. The van der Waals surface area contributed by atoms with E-state index in [1.165, 1.54) is 69.3 Å². The van der Waals surface area contributed by atoms with E-state index in [1.54, 1.807) is 0 Å². The van der Waals surface area contributed by atoms with E-state index in [0.29, 0.717) is 12.1 Å². The maximum atomic E-state index is 6.09. The number of aryl methyl sites for hydroxylation is 1. The van der Waals surface area contributed by atoms with Crippen molar-refractivity contribution in [3.63, 3.8) is 0 Å². The predicted octanol–water partition coefficient (Wildman–Crippen LogP) is 4.18. The molecule has 0 amide bonds. The first-order chi connectivity index (χ1) is 10.3. The summed E-state index contributed by atoms with van der Waals surface area (Å²) in [4.78, 5) is 2.63. The summed E-state index contributed by atoms with van der Waals surface area (Å²) in [7, 11) is 0. The van der Waals surface area contributed by atoms with Gasteiger partial charge in [0.1, 0.15) is 0 Å². The van der Waals surface area contributed by atoms with Crippen molar-refractivity contribution in [3.05, 3.63) is 34.3 Å². The second kappa shape index (κ2) is 7.13. The number of nitrogens with one attached hydrogen (secondary N) is 1. The third-order valence-electron chi connectivity index (χ3n) is 5.04. The minimum Gasteiger partial charge on any atom is -0.307 e. The van der Waals surface area contributed by atoms with Crippen molar-refractivity contribution >= 4 is 11.6 Å². The minimum atomic E-state index is 0.546. The van der Waals surface area contributed by atoms with Crippen molar-refractivity contribution < 1.29 is 0 Å². The molecule has 2 aliphatic rings. The second-order valence-electron chi connectivity index (χ2n) is 6.57. The fraction of sp³-hybridized carbons (Fsp3) is 0.667. The topological polar surface area (TPSA) is 15.3 Å². The van der Waals surface area contributed by atoms with Crippen LogP contribution in [0.5, 0.6) is 0 Å². The highest BCUT2D eigenvalue weighted by atomic mass is 35.5. The molecular weight excluding hydrogens is 280 g/mol. The molecule has 0 bridgehead atoms. The van der Waals surface area contributed by atoms with Gasteiger partial charge in [-0.15, -0.1) is 0 Å². The SMILES string of the molecule is CCCCN1CCC(NC2CCc3cc(Cl)ccc32)CC1. The lowest BCUT2D eigenvalue weighted by Gasteiger charge is -2.34. The fourth-order valence-electron chi connectivity index (χ4n) is 3.75. The third-order valence-corrected chi connectivity index (χ3v) is 5.27. The van der Waals surface area contributed by atoms with Crippen LogP contribution in [0.2, 0.25) is 5.02 Å². The van der Waals surface area contributed by atoms with Crippen molar-refractivity contribution in [2.45, 2.75) is 57.5 Å². The first-order valence-corrected chi connectivity index (χ1v) is 8.91. The van der Waals surface area contributed by atoms with E-state index in [1.807, 2.05) is 6.07 Å². The first kappa shape index (κ1) is 15.3. The number of rotatable bonds is 5. The zero-order chi connectivity index (χ0) is 14.7. The van der Waals surface area contributed by atoms with Gasteiger partial charge >= 0.3 is 0 Å². The summed E-state index contributed by atoms with van der Waals surface area (Å²) in [5, 5.41) is 4.77. The van der Waals surface area contributed by atoms with Crippen LogP contribution in [0.25, 0.3) is 0 Å². The zero-order valence-corrected chi connectivity index (χ0v) is 13.8. The molecule has 0 radical (unpaired) electrons. The number of hydrogen-bond donors (Lipinski definition) is 1. The van der Waals surface area contributed by atoms with Gasteiger partial charge in [0.25, 0.3) is 0 Å². The van der Waals surface area contributed by atoms with Crippen molar-refractivity contribution in [1.29, 1.82) is 0 Å². The Balaban J connectivity index is 1.51. The summed E-state index contributed by atoms with van der Waals surface area (Å²) in [6.45, 7) is 6.09. The van der Waals surface area contributed by atoms with Crippen LogP contribution in [0.15, 0.2) is 18.2 Å². The monoisotopic (exact) mass is 306 g/mol. The fourth-order valence-corrected chi connectivity index (χ4v) is 3.94. The summed E-state index contributed by atoms with van der Waals surface area (Å²) in [5.41, 5.74) is 2.92. The van der Waals surface area contributed by atoms with Crippen LogP contribution in [0, 0.1) is 0 Å². The van der Waals surface area contributed by atoms with Gasteiger partial charge in [0.15, 0.2) is 0 Å². The quantitative estimate of drug-likeness (QED) is 0.878. The van der Waals surface area contributed by atoms with Gasteiger partial charge in [0.05, 0.1) is 0 Å². The maximum Gasteiger partial charge on any atom is 0.0408 e. The van der Waals surface area contributed by atoms with Crippen LogP contribution < -0.4 is 5.32 Å². The van der Waals surface area contributed by atoms with E-state index in [4.69, 9.17) is 11.6 Å². The van der Waals surface area contributed by atoms with Crippen LogP contribution in [0.4, 0.5) is 0 Å². The number of halogens is 1. The standard InChI is InChI=1S/C18H27ClN2/c1-2-3-10-21-11-8-16(9-12-21)20-18-7-4-14-13-15(19)5-6-17(14)18/h5-6,13,16,18,20H,2-4,7-12H2,1H3.